The van der Waals surface area contributed by atoms with Crippen molar-refractivity contribution in [1.29, 1.82) is 0 Å². The predicted octanol–water partition coefficient (Wildman–Crippen LogP) is 9.26. The van der Waals surface area contributed by atoms with Crippen molar-refractivity contribution in [3.63, 3.8) is 0 Å². The highest BCUT2D eigenvalue weighted by Gasteiger charge is 2.02. The molecule has 6 rings (SSSR count). The zero-order valence-corrected chi connectivity index (χ0v) is 18.6. The average Bonchev–Trinajstić information content (AvgIpc) is 2.84. The first-order valence-corrected chi connectivity index (χ1v) is 11.2. The summed E-state index contributed by atoms with van der Waals surface area (Å²) in [5, 5.41) is 7.71. The van der Waals surface area contributed by atoms with Crippen LogP contribution < -0.4 is 0 Å². The highest BCUT2D eigenvalue weighted by atomic mass is 79.9. The molecular weight excluding hydrogens is 440 g/mol. The Bertz CT molecular complexity index is 1430. The van der Waals surface area contributed by atoms with Crippen molar-refractivity contribution < 1.29 is 0 Å². The van der Waals surface area contributed by atoms with E-state index in [1.54, 1.807) is 0 Å². The Morgan fingerprint density at radius 1 is 0.323 bits per heavy atom. The molecule has 0 N–H and O–H groups in total. The Kier molecular flexibility index (Phi) is 5.52. The molecule has 6 aromatic carbocycles. The minimum Gasteiger partial charge on any atom is -0.0616 e. The van der Waals surface area contributed by atoms with Gasteiger partial charge < -0.3 is 0 Å². The summed E-state index contributed by atoms with van der Waals surface area (Å²) < 4.78 is 1.12. The van der Waals surface area contributed by atoms with E-state index in [1.807, 2.05) is 0 Å². The van der Waals surface area contributed by atoms with E-state index in [0.717, 1.165) is 4.47 Å². The third-order valence-electron chi connectivity index (χ3n) is 5.54. The Hall–Kier alpha value is -3.42. The van der Waals surface area contributed by atoms with Gasteiger partial charge >= 0.3 is 0 Å². The van der Waals surface area contributed by atoms with E-state index in [-0.39, 0.29) is 0 Å². The Balaban J connectivity index is 0.000000171. The van der Waals surface area contributed by atoms with Gasteiger partial charge in [0.05, 0.1) is 0 Å². The number of halogens is 1. The molecule has 0 aliphatic rings. The SMILES string of the molecule is Brc1ccc2cc(-c3ccc4ccccc4c3)ccc2c1.c1ccc2ccccc2c1. The van der Waals surface area contributed by atoms with Gasteiger partial charge in [-0.2, -0.15) is 0 Å². The Morgan fingerprint density at radius 2 is 0.677 bits per heavy atom. The van der Waals surface area contributed by atoms with Crippen molar-refractivity contribution in [1.82, 2.24) is 0 Å². The van der Waals surface area contributed by atoms with Crippen LogP contribution >= 0.6 is 15.9 Å². The standard InChI is InChI=1S/C20H13Br.C10H8/c21-20-10-9-18-12-17(7-8-19(18)13-20)16-6-5-14-3-1-2-4-15(14)11-16;1-2-6-10-8-4-3-7-9(10)5-1/h1-13H;1-8H. The molecule has 0 amide bonds. The summed E-state index contributed by atoms with van der Waals surface area (Å²) in [7, 11) is 0. The first kappa shape index (κ1) is 19.5. The molecular formula is C30H21Br. The fourth-order valence-corrected chi connectivity index (χ4v) is 4.28. The van der Waals surface area contributed by atoms with Crippen LogP contribution in [-0.4, -0.2) is 0 Å². The van der Waals surface area contributed by atoms with Crippen LogP contribution in [0.4, 0.5) is 0 Å². The lowest BCUT2D eigenvalue weighted by Crippen LogP contribution is -1.80. The lowest BCUT2D eigenvalue weighted by Gasteiger charge is -2.06. The van der Waals surface area contributed by atoms with Gasteiger partial charge in [-0.3, -0.25) is 0 Å². The zero-order chi connectivity index (χ0) is 21.0. The molecule has 0 atom stereocenters. The van der Waals surface area contributed by atoms with Crippen molar-refractivity contribution in [2.75, 3.05) is 0 Å². The molecule has 0 unspecified atom stereocenters. The van der Waals surface area contributed by atoms with Gasteiger partial charge in [-0.1, -0.05) is 119 Å². The minimum atomic E-state index is 1.12. The summed E-state index contributed by atoms with van der Waals surface area (Å²) in [6, 6.07) is 44.9. The molecule has 0 heterocycles. The van der Waals surface area contributed by atoms with Crippen molar-refractivity contribution in [3.05, 3.63) is 132 Å². The van der Waals surface area contributed by atoms with Crippen LogP contribution in [0.3, 0.4) is 0 Å². The van der Waals surface area contributed by atoms with Crippen LogP contribution in [0.5, 0.6) is 0 Å². The molecule has 0 spiro atoms. The molecule has 0 aliphatic heterocycles. The van der Waals surface area contributed by atoms with Gasteiger partial charge in [0.1, 0.15) is 0 Å². The number of rotatable bonds is 1. The van der Waals surface area contributed by atoms with Gasteiger partial charge in [0.25, 0.3) is 0 Å². The van der Waals surface area contributed by atoms with E-state index in [0.29, 0.717) is 0 Å². The molecule has 0 radical (unpaired) electrons. The highest BCUT2D eigenvalue weighted by molar-refractivity contribution is 9.10. The van der Waals surface area contributed by atoms with E-state index in [4.69, 9.17) is 0 Å². The summed E-state index contributed by atoms with van der Waals surface area (Å²) in [6.45, 7) is 0. The summed E-state index contributed by atoms with van der Waals surface area (Å²) in [6.07, 6.45) is 0. The quantitative estimate of drug-likeness (QED) is 0.229. The number of hydrogen-bond acceptors (Lipinski definition) is 0. The summed E-state index contributed by atoms with van der Waals surface area (Å²) in [4.78, 5) is 0. The largest absolute Gasteiger partial charge is 0.0616 e. The topological polar surface area (TPSA) is 0 Å². The van der Waals surface area contributed by atoms with Crippen LogP contribution in [0, 0.1) is 0 Å². The zero-order valence-electron chi connectivity index (χ0n) is 17.0. The summed E-state index contributed by atoms with van der Waals surface area (Å²) >= 11 is 3.52. The molecule has 6 aromatic rings. The third kappa shape index (κ3) is 4.38. The normalized spacial score (nSPS) is 10.7. The first-order valence-electron chi connectivity index (χ1n) is 10.4. The molecule has 0 saturated carbocycles. The summed E-state index contributed by atoms with van der Waals surface area (Å²) in [5.74, 6) is 0. The van der Waals surface area contributed by atoms with Crippen LogP contribution in [0.15, 0.2) is 132 Å². The van der Waals surface area contributed by atoms with E-state index < -0.39 is 0 Å². The van der Waals surface area contributed by atoms with Crippen molar-refractivity contribution >= 4 is 48.2 Å². The van der Waals surface area contributed by atoms with Crippen molar-refractivity contribution in [2.45, 2.75) is 0 Å². The summed E-state index contributed by atoms with van der Waals surface area (Å²) in [5.41, 5.74) is 2.52. The smallest absolute Gasteiger partial charge is 0.0181 e. The first-order chi connectivity index (χ1) is 15.3. The van der Waals surface area contributed by atoms with Gasteiger partial charge in [-0.25, -0.2) is 0 Å². The van der Waals surface area contributed by atoms with Crippen LogP contribution in [-0.2, 0) is 0 Å². The van der Waals surface area contributed by atoms with Gasteiger partial charge in [0, 0.05) is 4.47 Å². The monoisotopic (exact) mass is 460 g/mol. The molecule has 0 aliphatic carbocycles. The van der Waals surface area contributed by atoms with Crippen LogP contribution in [0.2, 0.25) is 0 Å². The van der Waals surface area contributed by atoms with E-state index >= 15 is 0 Å². The fraction of sp³-hybridized carbons (Fsp3) is 0. The molecule has 0 fully saturated rings. The molecule has 0 nitrogen and oxygen atoms in total. The van der Waals surface area contributed by atoms with E-state index in [2.05, 4.69) is 143 Å². The fourth-order valence-electron chi connectivity index (χ4n) is 3.90. The molecule has 31 heavy (non-hydrogen) atoms. The van der Waals surface area contributed by atoms with Gasteiger partial charge in [0.15, 0.2) is 0 Å². The minimum absolute atomic E-state index is 1.12. The van der Waals surface area contributed by atoms with Crippen molar-refractivity contribution in [3.8, 4) is 11.1 Å². The average molecular weight is 461 g/mol. The van der Waals surface area contributed by atoms with E-state index in [1.165, 1.54) is 43.4 Å². The lowest BCUT2D eigenvalue weighted by atomic mass is 9.99. The Morgan fingerprint density at radius 3 is 1.23 bits per heavy atom. The molecule has 0 saturated heterocycles. The number of fused-ring (bicyclic) bond motifs is 3. The maximum Gasteiger partial charge on any atom is 0.0181 e. The van der Waals surface area contributed by atoms with Gasteiger partial charge in [-0.15, -0.1) is 0 Å². The third-order valence-corrected chi connectivity index (χ3v) is 6.04. The molecule has 0 aromatic heterocycles. The molecule has 148 valence electrons. The van der Waals surface area contributed by atoms with Crippen molar-refractivity contribution in [2.24, 2.45) is 0 Å². The second-order valence-corrected chi connectivity index (χ2v) is 8.53. The maximum atomic E-state index is 3.52. The molecule has 1 heteroatoms. The second kappa shape index (κ2) is 8.75. The number of hydrogen-bond donors (Lipinski definition) is 0. The van der Waals surface area contributed by atoms with Crippen LogP contribution in [0.1, 0.15) is 0 Å². The van der Waals surface area contributed by atoms with Gasteiger partial charge in [-0.05, 0) is 67.7 Å². The Labute approximate surface area is 190 Å². The highest BCUT2D eigenvalue weighted by Crippen LogP contribution is 2.28. The number of benzene rings is 6. The lowest BCUT2D eigenvalue weighted by molar-refractivity contribution is 1.66. The van der Waals surface area contributed by atoms with Gasteiger partial charge in [0.2, 0.25) is 0 Å². The van der Waals surface area contributed by atoms with Crippen LogP contribution in [0.25, 0.3) is 43.4 Å². The maximum absolute atomic E-state index is 3.52. The molecule has 0 bridgehead atoms. The predicted molar refractivity (Wildman–Crippen MR) is 139 cm³/mol. The van der Waals surface area contributed by atoms with E-state index in [9.17, 15) is 0 Å². The second-order valence-electron chi connectivity index (χ2n) is 7.62.